The number of urea groups is 1. The Kier molecular flexibility index (Phi) is 5.46. The van der Waals surface area contributed by atoms with Crippen LogP contribution in [0.1, 0.15) is 24.0 Å². The zero-order chi connectivity index (χ0) is 18.6. The van der Waals surface area contributed by atoms with E-state index in [0.717, 1.165) is 18.9 Å². The lowest BCUT2D eigenvalue weighted by molar-refractivity contribution is -0.138. The molecule has 0 atom stereocenters. The van der Waals surface area contributed by atoms with Gasteiger partial charge >= 0.3 is 12.2 Å². The quantitative estimate of drug-likeness (QED) is 0.871. The van der Waals surface area contributed by atoms with Crippen LogP contribution in [0.2, 0.25) is 0 Å². The highest BCUT2D eigenvalue weighted by atomic mass is 19.4. The van der Waals surface area contributed by atoms with Crippen LogP contribution in [0, 0.1) is 0 Å². The second-order valence-electron chi connectivity index (χ2n) is 6.01. The molecule has 2 heterocycles. The van der Waals surface area contributed by atoms with E-state index in [1.54, 1.807) is 12.1 Å². The number of nitrogens with zero attached hydrogens (tertiary/aromatic N) is 2. The molecule has 1 aliphatic rings. The van der Waals surface area contributed by atoms with Crippen molar-refractivity contribution < 1.29 is 22.7 Å². The molecule has 2 amide bonds. The molecular formula is C17H19F3N4O2. The summed E-state index contributed by atoms with van der Waals surface area (Å²) < 4.78 is 45.9. The van der Waals surface area contributed by atoms with Crippen LogP contribution in [-0.4, -0.2) is 35.1 Å². The Bertz CT molecular complexity index is 754. The first kappa shape index (κ1) is 18.2. The van der Waals surface area contributed by atoms with E-state index in [0.29, 0.717) is 19.0 Å². The van der Waals surface area contributed by atoms with E-state index >= 15 is 0 Å². The molecule has 0 radical (unpaired) electrons. The summed E-state index contributed by atoms with van der Waals surface area (Å²) in [5.74, 6) is 0.325. The highest BCUT2D eigenvalue weighted by Gasteiger charge is 2.33. The summed E-state index contributed by atoms with van der Waals surface area (Å²) in [6, 6.07) is 6.46. The molecule has 1 fully saturated rings. The van der Waals surface area contributed by atoms with Crippen molar-refractivity contribution in [3.05, 3.63) is 47.7 Å². The van der Waals surface area contributed by atoms with E-state index < -0.39 is 17.8 Å². The first-order chi connectivity index (χ1) is 12.4. The van der Waals surface area contributed by atoms with Crippen molar-refractivity contribution >= 4 is 11.8 Å². The number of hydrogen-bond donors (Lipinski definition) is 2. The van der Waals surface area contributed by atoms with Crippen molar-refractivity contribution in [3.63, 3.8) is 0 Å². The Morgan fingerprint density at radius 3 is 2.69 bits per heavy atom. The molecule has 26 heavy (non-hydrogen) atoms. The number of carbonyl (C=O) groups excluding carboxylic acids is 1. The van der Waals surface area contributed by atoms with E-state index in [-0.39, 0.29) is 18.2 Å². The Hall–Kier alpha value is -2.55. The van der Waals surface area contributed by atoms with E-state index in [1.165, 1.54) is 23.0 Å². The van der Waals surface area contributed by atoms with Crippen molar-refractivity contribution in [2.45, 2.75) is 31.6 Å². The fraction of sp³-hybridized carbons (Fsp3) is 0.412. The summed E-state index contributed by atoms with van der Waals surface area (Å²) >= 11 is 0. The zero-order valence-electron chi connectivity index (χ0n) is 13.9. The molecule has 0 unspecified atom stereocenters. The normalized spacial score (nSPS) is 15.7. The maximum Gasteiger partial charge on any atom is 0.416 e. The molecule has 3 rings (SSSR count). The number of ether oxygens (including phenoxy) is 1. The number of aromatic nitrogens is 2. The van der Waals surface area contributed by atoms with Gasteiger partial charge in [0.05, 0.1) is 18.3 Å². The number of rotatable bonds is 4. The summed E-state index contributed by atoms with van der Waals surface area (Å²) in [6.07, 6.45) is -1.56. The number of halogens is 3. The van der Waals surface area contributed by atoms with Gasteiger partial charge in [0.15, 0.2) is 0 Å². The van der Waals surface area contributed by atoms with Crippen molar-refractivity contribution in [1.82, 2.24) is 15.1 Å². The third-order valence-corrected chi connectivity index (χ3v) is 4.16. The average Bonchev–Trinajstić information content (AvgIpc) is 3.02. The van der Waals surface area contributed by atoms with Gasteiger partial charge in [-0.2, -0.15) is 18.3 Å². The number of anilines is 1. The lowest BCUT2D eigenvalue weighted by atomic mass is 10.1. The monoisotopic (exact) mass is 368 g/mol. The minimum Gasteiger partial charge on any atom is -0.381 e. The van der Waals surface area contributed by atoms with Crippen LogP contribution in [0.15, 0.2) is 36.5 Å². The molecule has 0 saturated carbocycles. The van der Waals surface area contributed by atoms with Crippen LogP contribution in [0.5, 0.6) is 0 Å². The maximum absolute atomic E-state index is 13.1. The summed E-state index contributed by atoms with van der Waals surface area (Å²) in [4.78, 5) is 12.1. The van der Waals surface area contributed by atoms with Gasteiger partial charge in [-0.15, -0.1) is 0 Å². The Morgan fingerprint density at radius 1 is 1.23 bits per heavy atom. The number of nitrogens with one attached hydrogen (secondary N) is 2. The average molecular weight is 368 g/mol. The van der Waals surface area contributed by atoms with Gasteiger partial charge in [0.1, 0.15) is 5.82 Å². The number of carbonyl (C=O) groups is 1. The predicted molar refractivity (Wildman–Crippen MR) is 88.8 cm³/mol. The van der Waals surface area contributed by atoms with Gasteiger partial charge in [0, 0.05) is 25.3 Å². The van der Waals surface area contributed by atoms with E-state index in [9.17, 15) is 18.0 Å². The van der Waals surface area contributed by atoms with Crippen molar-refractivity contribution in [1.29, 1.82) is 0 Å². The van der Waals surface area contributed by atoms with Crippen LogP contribution in [0.25, 0.3) is 0 Å². The van der Waals surface area contributed by atoms with E-state index in [4.69, 9.17) is 4.74 Å². The molecule has 1 saturated heterocycles. The number of hydrogen-bond acceptors (Lipinski definition) is 3. The lowest BCUT2D eigenvalue weighted by Gasteiger charge is -2.23. The van der Waals surface area contributed by atoms with Gasteiger partial charge in [0.2, 0.25) is 0 Å². The first-order valence-corrected chi connectivity index (χ1v) is 8.25. The largest absolute Gasteiger partial charge is 0.416 e. The Labute approximate surface area is 148 Å². The fourth-order valence-corrected chi connectivity index (χ4v) is 2.84. The van der Waals surface area contributed by atoms with Gasteiger partial charge in [-0.25, -0.2) is 9.48 Å². The minimum absolute atomic E-state index is 0.0195. The third kappa shape index (κ3) is 4.54. The van der Waals surface area contributed by atoms with Crippen LogP contribution in [-0.2, 0) is 17.5 Å². The molecule has 1 aromatic heterocycles. The van der Waals surface area contributed by atoms with Crippen LogP contribution in [0.3, 0.4) is 0 Å². The molecule has 0 bridgehead atoms. The molecule has 2 aromatic rings. The second kappa shape index (κ2) is 7.77. The SMILES string of the molecule is O=C(Nc1ccnn1Cc1ccccc1C(F)(F)F)NC1CCOCC1. The highest BCUT2D eigenvalue weighted by molar-refractivity contribution is 5.88. The molecule has 1 aliphatic heterocycles. The lowest BCUT2D eigenvalue weighted by Crippen LogP contribution is -2.41. The summed E-state index contributed by atoms with van der Waals surface area (Å²) in [6.45, 7) is 1.09. The molecule has 9 heteroatoms. The maximum atomic E-state index is 13.1. The Morgan fingerprint density at radius 2 is 1.96 bits per heavy atom. The molecule has 0 spiro atoms. The predicted octanol–water partition coefficient (Wildman–Crippen LogP) is 3.25. The molecule has 6 nitrogen and oxygen atoms in total. The topological polar surface area (TPSA) is 68.2 Å². The van der Waals surface area contributed by atoms with E-state index in [2.05, 4.69) is 15.7 Å². The van der Waals surface area contributed by atoms with Crippen LogP contribution >= 0.6 is 0 Å². The molecule has 0 aliphatic carbocycles. The number of amides is 2. The standard InChI is InChI=1S/C17H19F3N4O2/c18-17(19,20)14-4-2-1-3-12(14)11-24-15(5-8-21-24)23-16(25)22-13-6-9-26-10-7-13/h1-5,8,13H,6-7,9-11H2,(H2,22,23,25). The smallest absolute Gasteiger partial charge is 0.381 e. The van der Waals surface area contributed by atoms with Gasteiger partial charge in [-0.3, -0.25) is 5.32 Å². The summed E-state index contributed by atoms with van der Waals surface area (Å²) in [5, 5.41) is 9.50. The van der Waals surface area contributed by atoms with Gasteiger partial charge in [-0.05, 0) is 24.5 Å². The van der Waals surface area contributed by atoms with Crippen molar-refractivity contribution in [3.8, 4) is 0 Å². The Balaban J connectivity index is 1.68. The van der Waals surface area contributed by atoms with Crippen molar-refractivity contribution in [2.24, 2.45) is 0 Å². The van der Waals surface area contributed by atoms with Gasteiger partial charge < -0.3 is 10.1 Å². The molecule has 2 N–H and O–H groups in total. The minimum atomic E-state index is -4.45. The number of benzene rings is 1. The summed E-state index contributed by atoms with van der Waals surface area (Å²) in [5.41, 5.74) is -0.635. The van der Waals surface area contributed by atoms with Crippen molar-refractivity contribution in [2.75, 3.05) is 18.5 Å². The fourth-order valence-electron chi connectivity index (χ4n) is 2.84. The van der Waals surface area contributed by atoms with Gasteiger partial charge in [0.25, 0.3) is 0 Å². The van der Waals surface area contributed by atoms with E-state index in [1.807, 2.05) is 0 Å². The first-order valence-electron chi connectivity index (χ1n) is 8.25. The number of alkyl halides is 3. The second-order valence-corrected chi connectivity index (χ2v) is 6.01. The van der Waals surface area contributed by atoms with Crippen LogP contribution < -0.4 is 10.6 Å². The highest BCUT2D eigenvalue weighted by Crippen LogP contribution is 2.32. The zero-order valence-corrected chi connectivity index (χ0v) is 13.9. The molecule has 140 valence electrons. The van der Waals surface area contributed by atoms with Crippen LogP contribution in [0.4, 0.5) is 23.8 Å². The summed E-state index contributed by atoms with van der Waals surface area (Å²) in [7, 11) is 0. The molecule has 1 aromatic carbocycles. The van der Waals surface area contributed by atoms with Gasteiger partial charge in [-0.1, -0.05) is 18.2 Å². The third-order valence-electron chi connectivity index (χ3n) is 4.16. The molecular weight excluding hydrogens is 349 g/mol.